The van der Waals surface area contributed by atoms with Gasteiger partial charge in [0.15, 0.2) is 0 Å². The highest BCUT2D eigenvalue weighted by molar-refractivity contribution is 9.10. The molecule has 96 valence electrons. The first-order valence-electron chi connectivity index (χ1n) is 6.13. The van der Waals surface area contributed by atoms with Crippen molar-refractivity contribution in [3.05, 3.63) is 33.8 Å². The number of benzene rings is 1. The second-order valence-electron chi connectivity index (χ2n) is 4.95. The first-order chi connectivity index (χ1) is 7.94. The third kappa shape index (κ3) is 5.19. The summed E-state index contributed by atoms with van der Waals surface area (Å²) in [6.45, 7) is 7.45. The molecule has 0 aromatic heterocycles. The zero-order valence-corrected chi connectivity index (χ0v) is 12.5. The molecule has 0 saturated carbocycles. The second-order valence-corrected chi connectivity index (χ2v) is 5.80. The fraction of sp³-hybridized carbons (Fsp3) is 0.571. The molecule has 1 atom stereocenters. The minimum atomic E-state index is -0.605. The summed E-state index contributed by atoms with van der Waals surface area (Å²) in [6.07, 6.45) is 1.83. The molecule has 0 fully saturated rings. The number of aliphatic hydroxyl groups is 1. The summed E-state index contributed by atoms with van der Waals surface area (Å²) in [4.78, 5) is 0. The Hall–Kier alpha value is -0.380. The van der Waals surface area contributed by atoms with Gasteiger partial charge >= 0.3 is 0 Å². The standard InChI is InChI=1S/C14H22BrNO/c1-4-7-14(3,17)10-16-9-12-6-5-11(2)8-13(12)15/h5-6,8,16-17H,4,7,9-10H2,1-3H3. The van der Waals surface area contributed by atoms with Crippen molar-refractivity contribution in [3.8, 4) is 0 Å². The summed E-state index contributed by atoms with van der Waals surface area (Å²) in [5, 5.41) is 13.3. The lowest BCUT2D eigenvalue weighted by molar-refractivity contribution is 0.0498. The van der Waals surface area contributed by atoms with Gasteiger partial charge < -0.3 is 10.4 Å². The van der Waals surface area contributed by atoms with E-state index in [-0.39, 0.29) is 0 Å². The number of nitrogens with one attached hydrogen (secondary N) is 1. The summed E-state index contributed by atoms with van der Waals surface area (Å²) in [5.74, 6) is 0. The van der Waals surface area contributed by atoms with Gasteiger partial charge in [0.1, 0.15) is 0 Å². The van der Waals surface area contributed by atoms with E-state index in [1.165, 1.54) is 11.1 Å². The summed E-state index contributed by atoms with van der Waals surface area (Å²) >= 11 is 3.56. The number of aryl methyl sites for hydroxylation is 1. The van der Waals surface area contributed by atoms with Gasteiger partial charge in [-0.2, -0.15) is 0 Å². The van der Waals surface area contributed by atoms with E-state index in [4.69, 9.17) is 0 Å². The fourth-order valence-corrected chi connectivity index (χ4v) is 2.52. The molecule has 0 radical (unpaired) electrons. The molecule has 0 aliphatic heterocycles. The Morgan fingerprint density at radius 2 is 2.12 bits per heavy atom. The summed E-state index contributed by atoms with van der Waals surface area (Å²) in [5.41, 5.74) is 1.87. The number of rotatable bonds is 6. The van der Waals surface area contributed by atoms with Gasteiger partial charge in [0.05, 0.1) is 5.60 Å². The average Bonchev–Trinajstić information content (AvgIpc) is 2.21. The maximum atomic E-state index is 10.0. The van der Waals surface area contributed by atoms with Crippen LogP contribution >= 0.6 is 15.9 Å². The molecule has 1 aromatic rings. The Bertz CT molecular complexity index is 363. The van der Waals surface area contributed by atoms with Crippen LogP contribution in [0.2, 0.25) is 0 Å². The minimum Gasteiger partial charge on any atom is -0.389 e. The molecule has 1 unspecified atom stereocenters. The van der Waals surface area contributed by atoms with Crippen LogP contribution in [0.15, 0.2) is 22.7 Å². The Kier molecular flexibility index (Phi) is 5.63. The van der Waals surface area contributed by atoms with Crippen LogP contribution in [0.25, 0.3) is 0 Å². The second kappa shape index (κ2) is 6.53. The quantitative estimate of drug-likeness (QED) is 0.844. The van der Waals surface area contributed by atoms with Crippen molar-refractivity contribution in [1.82, 2.24) is 5.32 Å². The van der Waals surface area contributed by atoms with Gasteiger partial charge in [0, 0.05) is 17.6 Å². The topological polar surface area (TPSA) is 32.3 Å². The van der Waals surface area contributed by atoms with E-state index < -0.39 is 5.60 Å². The maximum Gasteiger partial charge on any atom is 0.0743 e. The predicted octanol–water partition coefficient (Wildman–Crippen LogP) is 3.40. The van der Waals surface area contributed by atoms with Gasteiger partial charge in [-0.3, -0.25) is 0 Å². The van der Waals surface area contributed by atoms with Crippen LogP contribution in [0.1, 0.15) is 37.8 Å². The van der Waals surface area contributed by atoms with Crippen molar-refractivity contribution in [1.29, 1.82) is 0 Å². The highest BCUT2D eigenvalue weighted by atomic mass is 79.9. The van der Waals surface area contributed by atoms with Gasteiger partial charge in [-0.25, -0.2) is 0 Å². The van der Waals surface area contributed by atoms with Gasteiger partial charge in [-0.1, -0.05) is 41.4 Å². The summed E-state index contributed by atoms with van der Waals surface area (Å²) < 4.78 is 1.13. The molecule has 0 bridgehead atoms. The predicted molar refractivity (Wildman–Crippen MR) is 76.1 cm³/mol. The van der Waals surface area contributed by atoms with Crippen LogP contribution in [-0.2, 0) is 6.54 Å². The van der Waals surface area contributed by atoms with Crippen molar-refractivity contribution in [2.75, 3.05) is 6.54 Å². The smallest absolute Gasteiger partial charge is 0.0743 e. The van der Waals surface area contributed by atoms with Crippen LogP contribution in [-0.4, -0.2) is 17.3 Å². The molecular formula is C14H22BrNO. The van der Waals surface area contributed by atoms with Gasteiger partial charge in [0.2, 0.25) is 0 Å². The number of hydrogen-bond acceptors (Lipinski definition) is 2. The number of hydrogen-bond donors (Lipinski definition) is 2. The normalized spacial score (nSPS) is 14.6. The van der Waals surface area contributed by atoms with Gasteiger partial charge in [0.25, 0.3) is 0 Å². The first kappa shape index (κ1) is 14.7. The van der Waals surface area contributed by atoms with Crippen LogP contribution in [0, 0.1) is 6.92 Å². The lowest BCUT2D eigenvalue weighted by Crippen LogP contribution is -2.37. The number of halogens is 1. The third-order valence-electron chi connectivity index (χ3n) is 2.82. The fourth-order valence-electron chi connectivity index (χ4n) is 1.89. The SMILES string of the molecule is CCCC(C)(O)CNCc1ccc(C)cc1Br. The molecule has 0 aliphatic rings. The van der Waals surface area contributed by atoms with Crippen molar-refractivity contribution in [3.63, 3.8) is 0 Å². The molecule has 17 heavy (non-hydrogen) atoms. The molecule has 0 saturated heterocycles. The highest BCUT2D eigenvalue weighted by Crippen LogP contribution is 2.18. The van der Waals surface area contributed by atoms with E-state index >= 15 is 0 Å². The largest absolute Gasteiger partial charge is 0.389 e. The Labute approximate surface area is 113 Å². The van der Waals surface area contributed by atoms with Crippen LogP contribution in [0.5, 0.6) is 0 Å². The Balaban J connectivity index is 2.46. The molecule has 3 heteroatoms. The molecular weight excluding hydrogens is 278 g/mol. The van der Waals surface area contributed by atoms with E-state index in [1.54, 1.807) is 0 Å². The average molecular weight is 300 g/mol. The molecule has 1 aromatic carbocycles. The molecule has 2 N–H and O–H groups in total. The van der Waals surface area contributed by atoms with Crippen molar-refractivity contribution < 1.29 is 5.11 Å². The zero-order chi connectivity index (χ0) is 12.9. The van der Waals surface area contributed by atoms with Crippen molar-refractivity contribution >= 4 is 15.9 Å². The maximum absolute atomic E-state index is 10.0. The molecule has 0 aliphatic carbocycles. The summed E-state index contributed by atoms with van der Waals surface area (Å²) in [7, 11) is 0. The Morgan fingerprint density at radius 3 is 2.71 bits per heavy atom. The molecule has 0 heterocycles. The van der Waals surface area contributed by atoms with E-state index in [1.807, 2.05) is 6.92 Å². The van der Waals surface area contributed by atoms with Gasteiger partial charge in [-0.15, -0.1) is 0 Å². The zero-order valence-electron chi connectivity index (χ0n) is 10.9. The van der Waals surface area contributed by atoms with E-state index in [0.29, 0.717) is 6.54 Å². The van der Waals surface area contributed by atoms with Gasteiger partial charge in [-0.05, 0) is 37.5 Å². The third-order valence-corrected chi connectivity index (χ3v) is 3.56. The first-order valence-corrected chi connectivity index (χ1v) is 6.92. The highest BCUT2D eigenvalue weighted by Gasteiger charge is 2.18. The molecule has 1 rings (SSSR count). The van der Waals surface area contributed by atoms with Crippen molar-refractivity contribution in [2.45, 2.75) is 45.8 Å². The van der Waals surface area contributed by atoms with Crippen LogP contribution in [0.4, 0.5) is 0 Å². The van der Waals surface area contributed by atoms with E-state index in [2.05, 4.69) is 53.3 Å². The van der Waals surface area contributed by atoms with Crippen LogP contribution < -0.4 is 5.32 Å². The van der Waals surface area contributed by atoms with E-state index in [9.17, 15) is 5.11 Å². The monoisotopic (exact) mass is 299 g/mol. The molecule has 0 spiro atoms. The molecule has 2 nitrogen and oxygen atoms in total. The molecule has 0 amide bonds. The van der Waals surface area contributed by atoms with E-state index in [0.717, 1.165) is 23.9 Å². The summed E-state index contributed by atoms with van der Waals surface area (Å²) in [6, 6.07) is 6.33. The minimum absolute atomic E-state index is 0.605. The lowest BCUT2D eigenvalue weighted by atomic mass is 10.0. The Morgan fingerprint density at radius 1 is 1.41 bits per heavy atom. The van der Waals surface area contributed by atoms with Crippen LogP contribution in [0.3, 0.4) is 0 Å². The van der Waals surface area contributed by atoms with Crippen molar-refractivity contribution in [2.24, 2.45) is 0 Å². The lowest BCUT2D eigenvalue weighted by Gasteiger charge is -2.23.